The number of aliphatic hydroxyl groups is 1. The first-order valence-corrected chi connectivity index (χ1v) is 6.99. The standard InChI is InChI=1S/C16H18ClNO3/c1-20-15-8-4-13(5-9-15)18-10-14(19)11-21-16-6-2-12(17)3-7-16/h2-9,14,18-19H,10-11H2,1H3/t14-/m1/s1. The van der Waals surface area contributed by atoms with E-state index in [1.165, 1.54) is 0 Å². The lowest BCUT2D eigenvalue weighted by atomic mass is 10.3. The normalized spacial score (nSPS) is 11.8. The van der Waals surface area contributed by atoms with Gasteiger partial charge in [-0.2, -0.15) is 0 Å². The number of ether oxygens (including phenoxy) is 2. The van der Waals surface area contributed by atoms with Gasteiger partial charge in [0.15, 0.2) is 0 Å². The maximum atomic E-state index is 9.89. The van der Waals surface area contributed by atoms with E-state index in [4.69, 9.17) is 21.1 Å². The summed E-state index contributed by atoms with van der Waals surface area (Å²) < 4.78 is 10.6. The first-order chi connectivity index (χ1) is 10.2. The third kappa shape index (κ3) is 5.17. The van der Waals surface area contributed by atoms with Crippen LogP contribution in [0.2, 0.25) is 5.02 Å². The zero-order valence-corrected chi connectivity index (χ0v) is 12.5. The summed E-state index contributed by atoms with van der Waals surface area (Å²) in [5.74, 6) is 1.48. The van der Waals surface area contributed by atoms with Crippen molar-refractivity contribution in [2.45, 2.75) is 6.10 Å². The highest BCUT2D eigenvalue weighted by atomic mass is 35.5. The smallest absolute Gasteiger partial charge is 0.119 e. The summed E-state index contributed by atoms with van der Waals surface area (Å²) >= 11 is 5.79. The molecule has 0 fully saturated rings. The van der Waals surface area contributed by atoms with Crippen molar-refractivity contribution in [3.8, 4) is 11.5 Å². The van der Waals surface area contributed by atoms with Crippen LogP contribution in [0.15, 0.2) is 48.5 Å². The van der Waals surface area contributed by atoms with E-state index in [1.807, 2.05) is 24.3 Å². The minimum absolute atomic E-state index is 0.213. The van der Waals surface area contributed by atoms with Gasteiger partial charge in [0.2, 0.25) is 0 Å². The number of hydrogen-bond acceptors (Lipinski definition) is 4. The van der Waals surface area contributed by atoms with Crippen LogP contribution in [0.25, 0.3) is 0 Å². The number of aliphatic hydroxyl groups excluding tert-OH is 1. The Labute approximate surface area is 129 Å². The maximum Gasteiger partial charge on any atom is 0.119 e. The molecule has 112 valence electrons. The molecule has 21 heavy (non-hydrogen) atoms. The topological polar surface area (TPSA) is 50.7 Å². The molecule has 0 unspecified atom stereocenters. The summed E-state index contributed by atoms with van der Waals surface area (Å²) in [6.45, 7) is 0.616. The molecule has 2 N–H and O–H groups in total. The van der Waals surface area contributed by atoms with E-state index in [2.05, 4.69) is 5.32 Å². The quantitative estimate of drug-likeness (QED) is 0.825. The van der Waals surface area contributed by atoms with Crippen LogP contribution in [0.4, 0.5) is 5.69 Å². The molecule has 0 aromatic heterocycles. The number of nitrogens with one attached hydrogen (secondary N) is 1. The van der Waals surface area contributed by atoms with Gasteiger partial charge in [-0.3, -0.25) is 0 Å². The Bertz CT molecular complexity index is 542. The van der Waals surface area contributed by atoms with E-state index in [0.29, 0.717) is 17.3 Å². The van der Waals surface area contributed by atoms with Gasteiger partial charge in [0.25, 0.3) is 0 Å². The zero-order valence-electron chi connectivity index (χ0n) is 11.8. The molecule has 0 saturated heterocycles. The second-order valence-electron chi connectivity index (χ2n) is 4.53. The Morgan fingerprint density at radius 2 is 1.67 bits per heavy atom. The molecule has 2 aromatic rings. The highest BCUT2D eigenvalue weighted by Gasteiger charge is 2.05. The van der Waals surface area contributed by atoms with Gasteiger partial charge in [0, 0.05) is 17.3 Å². The summed E-state index contributed by atoms with van der Waals surface area (Å²) in [5.41, 5.74) is 0.918. The molecule has 2 aromatic carbocycles. The lowest BCUT2D eigenvalue weighted by Crippen LogP contribution is -2.26. The highest BCUT2D eigenvalue weighted by molar-refractivity contribution is 6.30. The molecule has 0 amide bonds. The molecule has 0 aliphatic rings. The SMILES string of the molecule is COc1ccc(NC[C@@H](O)COc2ccc(Cl)cc2)cc1. The number of halogens is 1. The van der Waals surface area contributed by atoms with Gasteiger partial charge < -0.3 is 19.9 Å². The molecule has 0 aliphatic heterocycles. The van der Waals surface area contributed by atoms with Crippen LogP contribution >= 0.6 is 11.6 Å². The largest absolute Gasteiger partial charge is 0.497 e. The lowest BCUT2D eigenvalue weighted by Gasteiger charge is -2.14. The number of benzene rings is 2. The molecule has 0 heterocycles. The summed E-state index contributed by atoms with van der Waals surface area (Å²) in [6, 6.07) is 14.5. The number of anilines is 1. The van der Waals surface area contributed by atoms with Gasteiger partial charge in [-0.15, -0.1) is 0 Å². The lowest BCUT2D eigenvalue weighted by molar-refractivity contribution is 0.117. The van der Waals surface area contributed by atoms with Crippen LogP contribution in [0, 0.1) is 0 Å². The van der Waals surface area contributed by atoms with E-state index < -0.39 is 6.10 Å². The average molecular weight is 308 g/mol. The van der Waals surface area contributed by atoms with Gasteiger partial charge >= 0.3 is 0 Å². The van der Waals surface area contributed by atoms with Gasteiger partial charge in [-0.05, 0) is 48.5 Å². The van der Waals surface area contributed by atoms with Crippen molar-refractivity contribution in [3.63, 3.8) is 0 Å². The summed E-state index contributed by atoms with van der Waals surface area (Å²) in [4.78, 5) is 0. The first-order valence-electron chi connectivity index (χ1n) is 6.62. The van der Waals surface area contributed by atoms with Crippen molar-refractivity contribution < 1.29 is 14.6 Å². The van der Waals surface area contributed by atoms with Crippen molar-refractivity contribution in [2.24, 2.45) is 0 Å². The van der Waals surface area contributed by atoms with Crippen LogP contribution in [-0.4, -0.2) is 31.5 Å². The second-order valence-corrected chi connectivity index (χ2v) is 4.96. The van der Waals surface area contributed by atoms with Crippen molar-refractivity contribution in [3.05, 3.63) is 53.6 Å². The van der Waals surface area contributed by atoms with E-state index in [9.17, 15) is 5.11 Å². The van der Waals surface area contributed by atoms with Crippen molar-refractivity contribution >= 4 is 17.3 Å². The minimum Gasteiger partial charge on any atom is -0.497 e. The Balaban J connectivity index is 1.73. The Morgan fingerprint density at radius 1 is 1.05 bits per heavy atom. The third-order valence-electron chi connectivity index (χ3n) is 2.89. The minimum atomic E-state index is -0.609. The number of rotatable bonds is 7. The summed E-state index contributed by atoms with van der Waals surface area (Å²) in [5, 5.41) is 13.7. The second kappa shape index (κ2) is 7.76. The fourth-order valence-electron chi connectivity index (χ4n) is 1.73. The van der Waals surface area contributed by atoms with Crippen LogP contribution in [0.1, 0.15) is 0 Å². The maximum absolute atomic E-state index is 9.89. The first kappa shape index (κ1) is 15.5. The Kier molecular flexibility index (Phi) is 5.72. The van der Waals surface area contributed by atoms with Crippen molar-refractivity contribution in [2.75, 3.05) is 25.6 Å². The molecule has 4 nitrogen and oxygen atoms in total. The highest BCUT2D eigenvalue weighted by Crippen LogP contribution is 2.16. The molecule has 1 atom stereocenters. The van der Waals surface area contributed by atoms with Gasteiger partial charge in [0.1, 0.15) is 24.2 Å². The molecule has 5 heteroatoms. The number of hydrogen-bond donors (Lipinski definition) is 2. The van der Waals surface area contributed by atoms with Crippen LogP contribution in [-0.2, 0) is 0 Å². The predicted octanol–water partition coefficient (Wildman–Crippen LogP) is 3.20. The zero-order chi connectivity index (χ0) is 15.1. The molecule has 2 rings (SSSR count). The Morgan fingerprint density at radius 3 is 2.29 bits per heavy atom. The monoisotopic (exact) mass is 307 g/mol. The van der Waals surface area contributed by atoms with Crippen LogP contribution < -0.4 is 14.8 Å². The van der Waals surface area contributed by atoms with E-state index in [-0.39, 0.29) is 6.61 Å². The van der Waals surface area contributed by atoms with E-state index in [0.717, 1.165) is 11.4 Å². The van der Waals surface area contributed by atoms with Crippen LogP contribution in [0.3, 0.4) is 0 Å². The fourth-order valence-corrected chi connectivity index (χ4v) is 1.85. The van der Waals surface area contributed by atoms with Crippen molar-refractivity contribution in [1.82, 2.24) is 0 Å². The van der Waals surface area contributed by atoms with Gasteiger partial charge in [0.05, 0.1) is 7.11 Å². The fraction of sp³-hybridized carbons (Fsp3) is 0.250. The molecule has 0 aliphatic carbocycles. The molecule has 0 saturated carbocycles. The van der Waals surface area contributed by atoms with Gasteiger partial charge in [-0.1, -0.05) is 11.6 Å². The molecular formula is C16H18ClNO3. The molecule has 0 bridgehead atoms. The Hall–Kier alpha value is -1.91. The average Bonchev–Trinajstić information content (AvgIpc) is 2.53. The predicted molar refractivity (Wildman–Crippen MR) is 84.4 cm³/mol. The summed E-state index contributed by atoms with van der Waals surface area (Å²) in [6.07, 6.45) is -0.609. The van der Waals surface area contributed by atoms with Gasteiger partial charge in [-0.25, -0.2) is 0 Å². The van der Waals surface area contributed by atoms with E-state index >= 15 is 0 Å². The van der Waals surface area contributed by atoms with Crippen molar-refractivity contribution in [1.29, 1.82) is 0 Å². The molecule has 0 spiro atoms. The van der Waals surface area contributed by atoms with E-state index in [1.54, 1.807) is 31.4 Å². The molecule has 0 radical (unpaired) electrons. The number of methoxy groups -OCH3 is 1. The molecular weight excluding hydrogens is 290 g/mol. The third-order valence-corrected chi connectivity index (χ3v) is 3.14. The summed E-state index contributed by atoms with van der Waals surface area (Å²) in [7, 11) is 1.63. The van der Waals surface area contributed by atoms with Crippen LogP contribution in [0.5, 0.6) is 11.5 Å².